The average molecular weight is 409 g/mol. The molecule has 1 aliphatic rings. The average Bonchev–Trinajstić information content (AvgIpc) is 2.78. The van der Waals surface area contributed by atoms with Gasteiger partial charge in [0.25, 0.3) is 0 Å². The van der Waals surface area contributed by atoms with Crippen LogP contribution in [0.25, 0.3) is 0 Å². The molecule has 30 heavy (non-hydrogen) atoms. The van der Waals surface area contributed by atoms with E-state index in [0.29, 0.717) is 32.2 Å². The van der Waals surface area contributed by atoms with Crippen LogP contribution in [0.1, 0.15) is 43.2 Å². The molecule has 160 valence electrons. The minimum Gasteiger partial charge on any atom is -0.450 e. The molecule has 1 aliphatic heterocycles. The number of amides is 1. The van der Waals surface area contributed by atoms with Gasteiger partial charge in [0.2, 0.25) is 0 Å². The molecular formula is C24H32N4O2. The zero-order chi connectivity index (χ0) is 21.2. The molecule has 0 unspecified atom stereocenters. The molecule has 0 bridgehead atoms. The van der Waals surface area contributed by atoms with Crippen LogP contribution in [0.4, 0.5) is 4.79 Å². The highest BCUT2D eigenvalue weighted by Crippen LogP contribution is 2.27. The molecule has 0 saturated carbocycles. The molecule has 0 atom stereocenters. The number of carbonyl (C=O) groups excluding carboxylic acids is 1. The molecule has 6 heteroatoms. The smallest absolute Gasteiger partial charge is 0.409 e. The number of hydrogen-bond donors (Lipinski definition) is 2. The second-order valence-corrected chi connectivity index (χ2v) is 7.53. The molecule has 0 radical (unpaired) electrons. The Bertz CT molecular complexity index is 763. The summed E-state index contributed by atoms with van der Waals surface area (Å²) in [5, 5.41) is 3.31. The highest BCUT2D eigenvalue weighted by Gasteiger charge is 2.23. The Balaban J connectivity index is 1.51. The van der Waals surface area contributed by atoms with Gasteiger partial charge in [-0.3, -0.25) is 4.99 Å². The third kappa shape index (κ3) is 6.24. The number of nitrogens with two attached hydrogens (primary N) is 1. The number of guanidine groups is 1. The van der Waals surface area contributed by atoms with E-state index in [1.165, 1.54) is 11.1 Å². The van der Waals surface area contributed by atoms with Crippen molar-refractivity contribution in [3.8, 4) is 0 Å². The third-order valence-electron chi connectivity index (χ3n) is 5.48. The van der Waals surface area contributed by atoms with Gasteiger partial charge in [-0.05, 0) is 37.3 Å². The zero-order valence-electron chi connectivity index (χ0n) is 17.7. The largest absolute Gasteiger partial charge is 0.450 e. The van der Waals surface area contributed by atoms with Gasteiger partial charge in [0.1, 0.15) is 0 Å². The minimum absolute atomic E-state index is 0.231. The van der Waals surface area contributed by atoms with Crippen molar-refractivity contribution >= 4 is 12.1 Å². The van der Waals surface area contributed by atoms with E-state index < -0.39 is 0 Å². The fraction of sp³-hybridized carbons (Fsp3) is 0.417. The molecule has 3 N–H and O–H groups in total. The molecule has 1 fully saturated rings. The Labute approximate surface area is 179 Å². The van der Waals surface area contributed by atoms with Crippen LogP contribution in [0.5, 0.6) is 0 Å². The monoisotopic (exact) mass is 408 g/mol. The summed E-state index contributed by atoms with van der Waals surface area (Å²) in [6, 6.07) is 21.3. The fourth-order valence-electron chi connectivity index (χ4n) is 3.89. The van der Waals surface area contributed by atoms with Gasteiger partial charge in [-0.2, -0.15) is 0 Å². The zero-order valence-corrected chi connectivity index (χ0v) is 17.7. The molecule has 2 aromatic rings. The van der Waals surface area contributed by atoms with Crippen LogP contribution < -0.4 is 11.1 Å². The van der Waals surface area contributed by atoms with Crippen molar-refractivity contribution in [1.29, 1.82) is 0 Å². The van der Waals surface area contributed by atoms with E-state index in [9.17, 15) is 4.79 Å². The van der Waals surface area contributed by atoms with E-state index in [-0.39, 0.29) is 18.1 Å². The van der Waals surface area contributed by atoms with Gasteiger partial charge in [0.15, 0.2) is 5.96 Å². The normalized spacial score (nSPS) is 15.3. The Kier molecular flexibility index (Phi) is 8.12. The number of rotatable bonds is 7. The number of carbonyl (C=O) groups is 1. The summed E-state index contributed by atoms with van der Waals surface area (Å²) in [4.78, 5) is 18.1. The lowest BCUT2D eigenvalue weighted by Crippen LogP contribution is -2.48. The van der Waals surface area contributed by atoms with Gasteiger partial charge < -0.3 is 20.7 Å². The van der Waals surface area contributed by atoms with Gasteiger partial charge in [-0.15, -0.1) is 0 Å². The number of piperidine rings is 1. The van der Waals surface area contributed by atoms with Gasteiger partial charge in [0, 0.05) is 31.6 Å². The van der Waals surface area contributed by atoms with E-state index in [4.69, 9.17) is 10.5 Å². The van der Waals surface area contributed by atoms with E-state index in [0.717, 1.165) is 19.3 Å². The lowest BCUT2D eigenvalue weighted by atomic mass is 9.89. The number of nitrogens with one attached hydrogen (secondary N) is 1. The lowest BCUT2D eigenvalue weighted by Gasteiger charge is -2.31. The second kappa shape index (κ2) is 11.2. The number of ether oxygens (including phenoxy) is 1. The first-order valence-electron chi connectivity index (χ1n) is 10.8. The molecule has 2 aromatic carbocycles. The predicted octanol–water partition coefficient (Wildman–Crippen LogP) is 3.73. The van der Waals surface area contributed by atoms with Crippen LogP contribution in [0.2, 0.25) is 0 Å². The predicted molar refractivity (Wildman–Crippen MR) is 121 cm³/mol. The highest BCUT2D eigenvalue weighted by molar-refractivity contribution is 5.78. The van der Waals surface area contributed by atoms with Gasteiger partial charge in [0.05, 0.1) is 6.61 Å². The maximum Gasteiger partial charge on any atom is 0.409 e. The highest BCUT2D eigenvalue weighted by atomic mass is 16.6. The molecule has 0 aromatic heterocycles. The van der Waals surface area contributed by atoms with E-state index in [1.807, 2.05) is 19.1 Å². The number of hydrogen-bond acceptors (Lipinski definition) is 3. The summed E-state index contributed by atoms with van der Waals surface area (Å²) in [5.41, 5.74) is 8.72. The molecule has 0 aliphatic carbocycles. The number of nitrogens with zero attached hydrogens (tertiary/aromatic N) is 2. The molecule has 1 heterocycles. The van der Waals surface area contributed by atoms with Crippen molar-refractivity contribution in [2.75, 3.05) is 26.2 Å². The van der Waals surface area contributed by atoms with E-state index in [2.05, 4.69) is 58.8 Å². The summed E-state index contributed by atoms with van der Waals surface area (Å²) in [6.07, 6.45) is 2.33. The quantitative estimate of drug-likeness (QED) is 0.540. The first-order chi connectivity index (χ1) is 14.7. The van der Waals surface area contributed by atoms with Crippen LogP contribution in [0.15, 0.2) is 65.7 Å². The Morgan fingerprint density at radius 1 is 1.10 bits per heavy atom. The minimum atomic E-state index is -0.231. The second-order valence-electron chi connectivity index (χ2n) is 7.53. The Morgan fingerprint density at radius 2 is 1.67 bits per heavy atom. The summed E-state index contributed by atoms with van der Waals surface area (Å²) < 4.78 is 5.06. The van der Waals surface area contributed by atoms with Crippen molar-refractivity contribution in [3.05, 3.63) is 71.8 Å². The lowest BCUT2D eigenvalue weighted by molar-refractivity contribution is 0.0963. The van der Waals surface area contributed by atoms with Crippen LogP contribution in [0, 0.1) is 0 Å². The summed E-state index contributed by atoms with van der Waals surface area (Å²) in [5.74, 6) is 0.765. The van der Waals surface area contributed by atoms with Crippen molar-refractivity contribution in [2.45, 2.75) is 38.1 Å². The maximum absolute atomic E-state index is 11.8. The van der Waals surface area contributed by atoms with Crippen LogP contribution >= 0.6 is 0 Å². The Hall–Kier alpha value is -3.02. The summed E-state index contributed by atoms with van der Waals surface area (Å²) in [7, 11) is 0. The standard InChI is InChI=1S/C24H32N4O2/c1-2-30-24(29)28-17-14-21(15-18-28)27-23(25)26-16-13-22(19-9-5-3-6-10-19)20-11-7-4-8-12-20/h3-12,21-22H,2,13-18H2,1H3,(H3,25,26,27). The summed E-state index contributed by atoms with van der Waals surface area (Å²) in [6.45, 7) is 4.23. The SMILES string of the molecule is CCOC(=O)N1CCC(NC(N)=NCCC(c2ccccc2)c2ccccc2)CC1. The van der Waals surface area contributed by atoms with Crippen LogP contribution in [-0.2, 0) is 4.74 Å². The fourth-order valence-corrected chi connectivity index (χ4v) is 3.89. The van der Waals surface area contributed by atoms with Gasteiger partial charge >= 0.3 is 6.09 Å². The number of likely N-dealkylation sites (tertiary alicyclic amines) is 1. The van der Waals surface area contributed by atoms with Crippen LogP contribution in [-0.4, -0.2) is 49.2 Å². The molecule has 0 spiro atoms. The summed E-state index contributed by atoms with van der Waals surface area (Å²) >= 11 is 0. The van der Waals surface area contributed by atoms with Crippen LogP contribution in [0.3, 0.4) is 0 Å². The molecule has 1 amide bonds. The number of aliphatic imine (C=N–C) groups is 1. The van der Waals surface area contributed by atoms with Crippen molar-refractivity contribution in [1.82, 2.24) is 10.2 Å². The van der Waals surface area contributed by atoms with Gasteiger partial charge in [-0.25, -0.2) is 4.79 Å². The van der Waals surface area contributed by atoms with Crippen molar-refractivity contribution < 1.29 is 9.53 Å². The molecule has 6 nitrogen and oxygen atoms in total. The first-order valence-corrected chi connectivity index (χ1v) is 10.8. The van der Waals surface area contributed by atoms with E-state index in [1.54, 1.807) is 4.90 Å². The van der Waals surface area contributed by atoms with Crippen molar-refractivity contribution in [3.63, 3.8) is 0 Å². The topological polar surface area (TPSA) is 80.0 Å². The molecular weight excluding hydrogens is 376 g/mol. The third-order valence-corrected chi connectivity index (χ3v) is 5.48. The van der Waals surface area contributed by atoms with Crippen molar-refractivity contribution in [2.24, 2.45) is 10.7 Å². The molecule has 1 saturated heterocycles. The van der Waals surface area contributed by atoms with Gasteiger partial charge in [-0.1, -0.05) is 60.7 Å². The number of benzene rings is 2. The maximum atomic E-state index is 11.8. The Morgan fingerprint density at radius 3 is 2.20 bits per heavy atom. The first kappa shape index (κ1) is 21.7. The molecule has 3 rings (SSSR count). The van der Waals surface area contributed by atoms with E-state index >= 15 is 0 Å².